The highest BCUT2D eigenvalue weighted by Gasteiger charge is 2.08. The average molecular weight is 181 g/mol. The van der Waals surface area contributed by atoms with E-state index in [9.17, 15) is 4.79 Å². The van der Waals surface area contributed by atoms with Crippen LogP contribution in [0.15, 0.2) is 23.0 Å². The first kappa shape index (κ1) is 9.99. The van der Waals surface area contributed by atoms with Gasteiger partial charge in [0.1, 0.15) is 6.26 Å². The summed E-state index contributed by atoms with van der Waals surface area (Å²) in [6, 6.07) is 1.69. The van der Waals surface area contributed by atoms with E-state index < -0.39 is 0 Å². The van der Waals surface area contributed by atoms with Crippen molar-refractivity contribution in [1.82, 2.24) is 0 Å². The Morgan fingerprint density at radius 2 is 2.46 bits per heavy atom. The van der Waals surface area contributed by atoms with Crippen LogP contribution in [0.4, 0.5) is 0 Å². The number of nitrogens with two attached hydrogens (primary N) is 1. The minimum Gasteiger partial charge on any atom is -0.472 e. The number of ketones is 1. The highest BCUT2D eigenvalue weighted by atomic mass is 16.3. The summed E-state index contributed by atoms with van der Waals surface area (Å²) in [6.07, 6.45) is 4.40. The second kappa shape index (κ2) is 4.82. The lowest BCUT2D eigenvalue weighted by molar-refractivity contribution is 0.0974. The zero-order valence-corrected chi connectivity index (χ0v) is 7.82. The molecule has 0 bridgehead atoms. The first-order valence-electron chi connectivity index (χ1n) is 4.49. The van der Waals surface area contributed by atoms with Crippen LogP contribution < -0.4 is 5.73 Å². The summed E-state index contributed by atoms with van der Waals surface area (Å²) >= 11 is 0. The molecule has 13 heavy (non-hydrogen) atoms. The minimum atomic E-state index is 0.133. The Balaban J connectivity index is 2.35. The average Bonchev–Trinajstić information content (AvgIpc) is 2.66. The number of carbonyl (C=O) groups is 1. The molecule has 1 atom stereocenters. The predicted octanol–water partition coefficient (Wildman–Crippen LogP) is 1.84. The van der Waals surface area contributed by atoms with Gasteiger partial charge in [-0.1, -0.05) is 6.92 Å². The van der Waals surface area contributed by atoms with Gasteiger partial charge in [0.15, 0.2) is 5.78 Å². The van der Waals surface area contributed by atoms with Crippen molar-refractivity contribution >= 4 is 5.78 Å². The van der Waals surface area contributed by atoms with Crippen LogP contribution in [-0.2, 0) is 0 Å². The molecule has 0 aromatic carbocycles. The number of hydrogen-bond acceptors (Lipinski definition) is 3. The van der Waals surface area contributed by atoms with Crippen molar-refractivity contribution in [3.63, 3.8) is 0 Å². The third-order valence-electron chi connectivity index (χ3n) is 2.11. The van der Waals surface area contributed by atoms with Gasteiger partial charge in [-0.25, -0.2) is 0 Å². The molecule has 0 amide bonds. The van der Waals surface area contributed by atoms with E-state index in [0.717, 1.165) is 6.42 Å². The Morgan fingerprint density at radius 3 is 3.00 bits per heavy atom. The molecule has 2 N–H and O–H groups in total. The van der Waals surface area contributed by atoms with Crippen molar-refractivity contribution < 1.29 is 9.21 Å². The Kier molecular flexibility index (Phi) is 3.71. The van der Waals surface area contributed by atoms with Gasteiger partial charge in [-0.05, 0) is 24.9 Å². The number of rotatable bonds is 5. The summed E-state index contributed by atoms with van der Waals surface area (Å²) in [7, 11) is 0. The molecule has 0 aliphatic rings. The van der Waals surface area contributed by atoms with Crippen LogP contribution in [0.5, 0.6) is 0 Å². The van der Waals surface area contributed by atoms with E-state index in [-0.39, 0.29) is 5.78 Å². The Labute approximate surface area is 77.9 Å². The van der Waals surface area contributed by atoms with E-state index in [1.807, 2.05) is 6.92 Å². The lowest BCUT2D eigenvalue weighted by Gasteiger charge is -2.05. The zero-order chi connectivity index (χ0) is 9.68. The highest BCUT2D eigenvalue weighted by Crippen LogP contribution is 2.09. The van der Waals surface area contributed by atoms with Crippen molar-refractivity contribution in [2.75, 3.05) is 6.54 Å². The molecule has 1 aromatic heterocycles. The molecule has 3 nitrogen and oxygen atoms in total. The Hall–Kier alpha value is -1.09. The van der Waals surface area contributed by atoms with Crippen LogP contribution in [0.25, 0.3) is 0 Å². The fourth-order valence-corrected chi connectivity index (χ4v) is 1.06. The number of carbonyl (C=O) groups excluding carboxylic acids is 1. The highest BCUT2D eigenvalue weighted by molar-refractivity contribution is 5.95. The van der Waals surface area contributed by atoms with Gasteiger partial charge < -0.3 is 10.2 Å². The molecule has 0 saturated heterocycles. The van der Waals surface area contributed by atoms with Gasteiger partial charge in [0.25, 0.3) is 0 Å². The topological polar surface area (TPSA) is 56.2 Å². The molecular weight excluding hydrogens is 166 g/mol. The first-order valence-corrected chi connectivity index (χ1v) is 4.49. The molecule has 72 valence electrons. The van der Waals surface area contributed by atoms with E-state index in [0.29, 0.717) is 24.4 Å². The fourth-order valence-electron chi connectivity index (χ4n) is 1.06. The molecule has 0 aliphatic heterocycles. The smallest absolute Gasteiger partial charge is 0.166 e. The van der Waals surface area contributed by atoms with Crippen molar-refractivity contribution in [1.29, 1.82) is 0 Å². The monoisotopic (exact) mass is 181 g/mol. The van der Waals surface area contributed by atoms with Crippen molar-refractivity contribution in [2.24, 2.45) is 11.7 Å². The largest absolute Gasteiger partial charge is 0.472 e. The summed E-state index contributed by atoms with van der Waals surface area (Å²) in [6.45, 7) is 2.68. The number of furan rings is 1. The minimum absolute atomic E-state index is 0.133. The van der Waals surface area contributed by atoms with Gasteiger partial charge in [0.05, 0.1) is 11.8 Å². The first-order chi connectivity index (χ1) is 6.24. The van der Waals surface area contributed by atoms with E-state index in [2.05, 4.69) is 0 Å². The quantitative estimate of drug-likeness (QED) is 0.705. The van der Waals surface area contributed by atoms with E-state index >= 15 is 0 Å². The second-order valence-corrected chi connectivity index (χ2v) is 3.31. The number of Topliss-reactive ketones (excluding diaryl/α,β-unsaturated/α-hetero) is 1. The Morgan fingerprint density at radius 1 is 1.69 bits per heavy atom. The van der Waals surface area contributed by atoms with Crippen LogP contribution in [0.3, 0.4) is 0 Å². The van der Waals surface area contributed by atoms with Crippen LogP contribution in [0, 0.1) is 5.92 Å². The van der Waals surface area contributed by atoms with Gasteiger partial charge in [-0.15, -0.1) is 0 Å². The predicted molar refractivity (Wildman–Crippen MR) is 50.5 cm³/mol. The summed E-state index contributed by atoms with van der Waals surface area (Å²) in [5.74, 6) is 0.546. The molecule has 0 spiro atoms. The van der Waals surface area contributed by atoms with E-state index in [4.69, 9.17) is 10.2 Å². The van der Waals surface area contributed by atoms with E-state index in [1.54, 1.807) is 6.07 Å². The molecule has 0 radical (unpaired) electrons. The molecule has 0 aliphatic carbocycles. The molecule has 0 saturated carbocycles. The molecular formula is C10H15NO2. The van der Waals surface area contributed by atoms with Gasteiger partial charge in [0.2, 0.25) is 0 Å². The zero-order valence-electron chi connectivity index (χ0n) is 7.82. The number of hydrogen-bond donors (Lipinski definition) is 1. The summed E-state index contributed by atoms with van der Waals surface area (Å²) in [5.41, 5.74) is 6.10. The lowest BCUT2D eigenvalue weighted by Crippen LogP contribution is -2.12. The Bertz CT molecular complexity index is 254. The summed E-state index contributed by atoms with van der Waals surface area (Å²) in [5, 5.41) is 0. The van der Waals surface area contributed by atoms with Crippen molar-refractivity contribution in [3.8, 4) is 0 Å². The van der Waals surface area contributed by atoms with Crippen molar-refractivity contribution in [3.05, 3.63) is 24.2 Å². The van der Waals surface area contributed by atoms with Crippen LogP contribution >= 0.6 is 0 Å². The normalized spacial score (nSPS) is 12.8. The standard InChI is InChI=1S/C10H15NO2/c1-8(6-11)2-3-10(12)9-4-5-13-7-9/h4-5,7-8H,2-3,6,11H2,1H3. The van der Waals surface area contributed by atoms with Gasteiger partial charge in [-0.2, -0.15) is 0 Å². The fraction of sp³-hybridized carbons (Fsp3) is 0.500. The van der Waals surface area contributed by atoms with Crippen LogP contribution in [0.1, 0.15) is 30.1 Å². The summed E-state index contributed by atoms with van der Waals surface area (Å²) < 4.78 is 4.82. The molecule has 1 heterocycles. The summed E-state index contributed by atoms with van der Waals surface area (Å²) in [4.78, 5) is 11.4. The second-order valence-electron chi connectivity index (χ2n) is 3.31. The van der Waals surface area contributed by atoms with Crippen molar-refractivity contribution in [2.45, 2.75) is 19.8 Å². The van der Waals surface area contributed by atoms with Gasteiger partial charge in [-0.3, -0.25) is 4.79 Å². The van der Waals surface area contributed by atoms with Gasteiger partial charge >= 0.3 is 0 Å². The molecule has 1 rings (SSSR count). The van der Waals surface area contributed by atoms with Crippen LogP contribution in [0.2, 0.25) is 0 Å². The van der Waals surface area contributed by atoms with Crippen LogP contribution in [-0.4, -0.2) is 12.3 Å². The van der Waals surface area contributed by atoms with E-state index in [1.165, 1.54) is 12.5 Å². The molecule has 1 aromatic rings. The van der Waals surface area contributed by atoms with Gasteiger partial charge in [0, 0.05) is 6.42 Å². The maximum absolute atomic E-state index is 11.4. The molecule has 3 heteroatoms. The lowest BCUT2D eigenvalue weighted by atomic mass is 10.0. The maximum Gasteiger partial charge on any atom is 0.166 e. The third-order valence-corrected chi connectivity index (χ3v) is 2.11. The third kappa shape index (κ3) is 3.03. The molecule has 1 unspecified atom stereocenters. The maximum atomic E-state index is 11.4. The SMILES string of the molecule is CC(CN)CCC(=O)c1ccoc1. The molecule has 0 fully saturated rings.